The van der Waals surface area contributed by atoms with Crippen LogP contribution in [0.1, 0.15) is 0 Å². The molecule has 0 aromatic carbocycles. The molecule has 56 valence electrons. The van der Waals surface area contributed by atoms with Gasteiger partial charge in [0.2, 0.25) is 0 Å². The number of nitrogens with zero attached hydrogens (tertiary/aromatic N) is 3. The van der Waals surface area contributed by atoms with Crippen molar-refractivity contribution in [3.8, 4) is 0 Å². The Balaban J connectivity index is 2.91. The predicted molar refractivity (Wildman–Crippen MR) is 38.0 cm³/mol. The SMILES string of the molecule is Fc1cc(Cl)c2nncn2c1. The van der Waals surface area contributed by atoms with E-state index in [0.29, 0.717) is 5.65 Å². The second-order valence-electron chi connectivity index (χ2n) is 2.07. The summed E-state index contributed by atoms with van der Waals surface area (Å²) >= 11 is 5.64. The average Bonchev–Trinajstić information content (AvgIpc) is 2.34. The third-order valence-electron chi connectivity index (χ3n) is 1.31. The van der Waals surface area contributed by atoms with Gasteiger partial charge in [-0.3, -0.25) is 4.40 Å². The standard InChI is InChI=1S/C6H3ClFN3/c7-5-1-4(8)2-11-3-9-10-6(5)11/h1-3H. The number of rotatable bonds is 0. The largest absolute Gasteiger partial charge is 0.285 e. The zero-order valence-corrected chi connectivity index (χ0v) is 6.09. The first kappa shape index (κ1) is 6.54. The summed E-state index contributed by atoms with van der Waals surface area (Å²) < 4.78 is 14.0. The number of hydrogen-bond acceptors (Lipinski definition) is 2. The molecule has 0 fully saturated rings. The van der Waals surface area contributed by atoms with Crippen molar-refractivity contribution in [2.75, 3.05) is 0 Å². The number of aromatic nitrogens is 3. The van der Waals surface area contributed by atoms with E-state index in [9.17, 15) is 4.39 Å². The second kappa shape index (κ2) is 2.17. The Bertz CT molecular complexity index is 398. The molecule has 0 aliphatic rings. The highest BCUT2D eigenvalue weighted by Gasteiger charge is 2.02. The summed E-state index contributed by atoms with van der Waals surface area (Å²) in [6, 6.07) is 1.20. The quantitative estimate of drug-likeness (QED) is 0.602. The molecule has 0 radical (unpaired) electrons. The lowest BCUT2D eigenvalue weighted by atomic mass is 10.4. The Morgan fingerprint density at radius 3 is 3.18 bits per heavy atom. The van der Waals surface area contributed by atoms with Gasteiger partial charge in [0.05, 0.1) is 5.02 Å². The van der Waals surface area contributed by atoms with E-state index in [-0.39, 0.29) is 5.02 Å². The van der Waals surface area contributed by atoms with Crippen LogP contribution in [-0.2, 0) is 0 Å². The maximum absolute atomic E-state index is 12.6. The van der Waals surface area contributed by atoms with Crippen LogP contribution in [-0.4, -0.2) is 14.6 Å². The molecule has 0 bridgehead atoms. The summed E-state index contributed by atoms with van der Waals surface area (Å²) in [5.41, 5.74) is 0.466. The Labute approximate surface area is 66.4 Å². The van der Waals surface area contributed by atoms with Crippen LogP contribution in [0, 0.1) is 5.82 Å². The van der Waals surface area contributed by atoms with Gasteiger partial charge < -0.3 is 0 Å². The van der Waals surface area contributed by atoms with Gasteiger partial charge >= 0.3 is 0 Å². The molecule has 0 amide bonds. The van der Waals surface area contributed by atoms with Gasteiger partial charge in [-0.05, 0) is 6.07 Å². The van der Waals surface area contributed by atoms with Gasteiger partial charge in [-0.25, -0.2) is 4.39 Å². The first-order chi connectivity index (χ1) is 5.27. The summed E-state index contributed by atoms with van der Waals surface area (Å²) in [6.45, 7) is 0. The predicted octanol–water partition coefficient (Wildman–Crippen LogP) is 1.52. The zero-order valence-electron chi connectivity index (χ0n) is 5.33. The van der Waals surface area contributed by atoms with Crippen molar-refractivity contribution in [3.05, 3.63) is 29.4 Å². The smallest absolute Gasteiger partial charge is 0.179 e. The average molecular weight is 172 g/mol. The minimum Gasteiger partial charge on any atom is -0.285 e. The van der Waals surface area contributed by atoms with Crippen LogP contribution >= 0.6 is 11.6 Å². The molecular formula is C6H3ClFN3. The van der Waals surface area contributed by atoms with Crippen molar-refractivity contribution in [1.29, 1.82) is 0 Å². The molecule has 0 saturated carbocycles. The van der Waals surface area contributed by atoms with Crippen molar-refractivity contribution in [1.82, 2.24) is 14.6 Å². The lowest BCUT2D eigenvalue weighted by molar-refractivity contribution is 0.619. The van der Waals surface area contributed by atoms with E-state index in [2.05, 4.69) is 10.2 Å². The lowest BCUT2D eigenvalue weighted by Gasteiger charge is -1.93. The third-order valence-corrected chi connectivity index (χ3v) is 1.59. The molecule has 0 N–H and O–H groups in total. The molecule has 2 aromatic heterocycles. The molecule has 0 spiro atoms. The molecule has 2 aromatic rings. The minimum atomic E-state index is -0.401. The van der Waals surface area contributed by atoms with E-state index >= 15 is 0 Å². The molecule has 2 heterocycles. The second-order valence-corrected chi connectivity index (χ2v) is 2.48. The fourth-order valence-electron chi connectivity index (χ4n) is 0.864. The van der Waals surface area contributed by atoms with Crippen molar-refractivity contribution in [3.63, 3.8) is 0 Å². The highest BCUT2D eigenvalue weighted by atomic mass is 35.5. The molecule has 0 unspecified atom stereocenters. The summed E-state index contributed by atoms with van der Waals surface area (Å²) in [6.07, 6.45) is 2.66. The summed E-state index contributed by atoms with van der Waals surface area (Å²) in [4.78, 5) is 0. The maximum Gasteiger partial charge on any atom is 0.179 e. The Kier molecular flexibility index (Phi) is 1.29. The molecule has 3 nitrogen and oxygen atoms in total. The lowest BCUT2D eigenvalue weighted by Crippen LogP contribution is -1.86. The molecular weight excluding hydrogens is 169 g/mol. The molecule has 0 aliphatic heterocycles. The van der Waals surface area contributed by atoms with Crippen LogP contribution in [0.3, 0.4) is 0 Å². The molecule has 0 saturated heterocycles. The third kappa shape index (κ3) is 0.952. The summed E-state index contributed by atoms with van der Waals surface area (Å²) in [7, 11) is 0. The van der Waals surface area contributed by atoms with Gasteiger partial charge in [-0.1, -0.05) is 11.6 Å². The highest BCUT2D eigenvalue weighted by Crippen LogP contribution is 2.15. The molecule has 0 atom stereocenters. The van der Waals surface area contributed by atoms with Crippen LogP contribution in [0.5, 0.6) is 0 Å². The van der Waals surface area contributed by atoms with E-state index in [4.69, 9.17) is 11.6 Å². The minimum absolute atomic E-state index is 0.266. The van der Waals surface area contributed by atoms with E-state index in [0.717, 1.165) is 0 Å². The Hall–Kier alpha value is -1.16. The summed E-state index contributed by atoms with van der Waals surface area (Å²) in [5.74, 6) is -0.401. The van der Waals surface area contributed by atoms with Crippen LogP contribution in [0.2, 0.25) is 5.02 Å². The topological polar surface area (TPSA) is 30.2 Å². The van der Waals surface area contributed by atoms with E-state index in [1.54, 1.807) is 0 Å². The number of hydrogen-bond donors (Lipinski definition) is 0. The van der Waals surface area contributed by atoms with Crippen LogP contribution in [0.15, 0.2) is 18.6 Å². The zero-order chi connectivity index (χ0) is 7.84. The van der Waals surface area contributed by atoms with E-state index in [1.165, 1.54) is 23.0 Å². The first-order valence-corrected chi connectivity index (χ1v) is 3.29. The van der Waals surface area contributed by atoms with Gasteiger partial charge in [0.25, 0.3) is 0 Å². The van der Waals surface area contributed by atoms with Crippen LogP contribution in [0.25, 0.3) is 5.65 Å². The molecule has 11 heavy (non-hydrogen) atoms. The fourth-order valence-corrected chi connectivity index (χ4v) is 1.10. The molecule has 5 heteroatoms. The van der Waals surface area contributed by atoms with Gasteiger partial charge in [-0.2, -0.15) is 0 Å². The van der Waals surface area contributed by atoms with Crippen LogP contribution in [0.4, 0.5) is 4.39 Å². The first-order valence-electron chi connectivity index (χ1n) is 2.92. The van der Waals surface area contributed by atoms with E-state index in [1.807, 2.05) is 0 Å². The Morgan fingerprint density at radius 2 is 2.36 bits per heavy atom. The van der Waals surface area contributed by atoms with E-state index < -0.39 is 5.82 Å². The highest BCUT2D eigenvalue weighted by molar-refractivity contribution is 6.33. The summed E-state index contributed by atoms with van der Waals surface area (Å²) in [5, 5.41) is 7.51. The van der Waals surface area contributed by atoms with Crippen molar-refractivity contribution in [2.24, 2.45) is 0 Å². The van der Waals surface area contributed by atoms with Crippen molar-refractivity contribution >= 4 is 17.2 Å². The number of fused-ring (bicyclic) bond motifs is 1. The van der Waals surface area contributed by atoms with Crippen LogP contribution < -0.4 is 0 Å². The monoisotopic (exact) mass is 171 g/mol. The molecule has 2 rings (SSSR count). The number of pyridine rings is 1. The molecule has 0 aliphatic carbocycles. The van der Waals surface area contributed by atoms with Gasteiger partial charge in [-0.15, -0.1) is 10.2 Å². The van der Waals surface area contributed by atoms with Gasteiger partial charge in [0, 0.05) is 6.20 Å². The fraction of sp³-hybridized carbons (Fsp3) is 0. The number of halogens is 2. The maximum atomic E-state index is 12.6. The van der Waals surface area contributed by atoms with Gasteiger partial charge in [0.1, 0.15) is 12.1 Å². The van der Waals surface area contributed by atoms with Crippen molar-refractivity contribution < 1.29 is 4.39 Å². The normalized spacial score (nSPS) is 10.7. The van der Waals surface area contributed by atoms with Crippen molar-refractivity contribution in [2.45, 2.75) is 0 Å². The Morgan fingerprint density at radius 1 is 1.55 bits per heavy atom. The van der Waals surface area contributed by atoms with Gasteiger partial charge in [0.15, 0.2) is 5.65 Å².